The van der Waals surface area contributed by atoms with E-state index < -0.39 is 6.09 Å². The zero-order chi connectivity index (χ0) is 15.5. The third-order valence-electron chi connectivity index (χ3n) is 3.62. The van der Waals surface area contributed by atoms with Crippen molar-refractivity contribution in [1.29, 1.82) is 0 Å². The smallest absolute Gasteiger partial charge is 0.411 e. The van der Waals surface area contributed by atoms with Crippen LogP contribution in [0, 0.1) is 0 Å². The third-order valence-corrected chi connectivity index (χ3v) is 3.62. The lowest BCUT2D eigenvalue weighted by atomic mass is 10.0. The van der Waals surface area contributed by atoms with Crippen molar-refractivity contribution in [3.8, 4) is 0 Å². The van der Waals surface area contributed by atoms with Crippen molar-refractivity contribution in [3.05, 3.63) is 48.0 Å². The van der Waals surface area contributed by atoms with Gasteiger partial charge in [0.25, 0.3) is 0 Å². The molecule has 1 atom stereocenters. The molecule has 6 nitrogen and oxygen atoms in total. The van der Waals surface area contributed by atoms with Gasteiger partial charge in [0.05, 0.1) is 30.2 Å². The minimum absolute atomic E-state index is 0.149. The molecule has 1 heterocycles. The Hall–Kier alpha value is -2.89. The Labute approximate surface area is 128 Å². The number of ether oxygens (including phenoxy) is 1. The molecule has 1 unspecified atom stereocenters. The minimum atomic E-state index is -0.523. The van der Waals surface area contributed by atoms with Crippen LogP contribution in [0.2, 0.25) is 0 Å². The van der Waals surface area contributed by atoms with E-state index in [4.69, 9.17) is 5.73 Å². The van der Waals surface area contributed by atoms with Gasteiger partial charge in [0, 0.05) is 12.2 Å². The van der Waals surface area contributed by atoms with Crippen LogP contribution in [0.4, 0.5) is 27.5 Å². The predicted octanol–water partition coefficient (Wildman–Crippen LogP) is 3.03. The van der Waals surface area contributed by atoms with Crippen LogP contribution in [-0.2, 0) is 4.74 Å². The Balaban J connectivity index is 1.85. The second-order valence-electron chi connectivity index (χ2n) is 5.09. The summed E-state index contributed by atoms with van der Waals surface area (Å²) in [5, 5.41) is 9.41. The number of hydrogen-bond acceptors (Lipinski definition) is 5. The van der Waals surface area contributed by atoms with Crippen LogP contribution in [-0.4, -0.2) is 19.7 Å². The summed E-state index contributed by atoms with van der Waals surface area (Å²) in [4.78, 5) is 11.3. The highest BCUT2D eigenvalue weighted by Crippen LogP contribution is 2.38. The Morgan fingerprint density at radius 3 is 2.82 bits per heavy atom. The Morgan fingerprint density at radius 1 is 1.32 bits per heavy atom. The molecule has 0 aromatic heterocycles. The van der Waals surface area contributed by atoms with Crippen molar-refractivity contribution < 1.29 is 9.53 Å². The van der Waals surface area contributed by atoms with Gasteiger partial charge in [-0.25, -0.2) is 4.79 Å². The maximum atomic E-state index is 11.3. The summed E-state index contributed by atoms with van der Waals surface area (Å²) >= 11 is 0. The van der Waals surface area contributed by atoms with Crippen LogP contribution in [0.1, 0.15) is 11.6 Å². The zero-order valence-electron chi connectivity index (χ0n) is 12.2. The highest BCUT2D eigenvalue weighted by atomic mass is 16.5. The molecule has 0 fully saturated rings. The SMILES string of the molecule is COC(=O)Nc1cc(N)c2c(c1)NCC(c1ccccc1)N2. The normalized spacial score (nSPS) is 16.0. The molecule has 0 spiro atoms. The lowest BCUT2D eigenvalue weighted by molar-refractivity contribution is 0.187. The van der Waals surface area contributed by atoms with E-state index in [1.54, 1.807) is 6.07 Å². The second-order valence-corrected chi connectivity index (χ2v) is 5.09. The van der Waals surface area contributed by atoms with E-state index in [-0.39, 0.29) is 6.04 Å². The van der Waals surface area contributed by atoms with Gasteiger partial charge < -0.3 is 21.1 Å². The van der Waals surface area contributed by atoms with E-state index in [1.165, 1.54) is 12.7 Å². The van der Waals surface area contributed by atoms with Gasteiger partial charge >= 0.3 is 6.09 Å². The van der Waals surface area contributed by atoms with E-state index in [1.807, 2.05) is 24.3 Å². The first-order chi connectivity index (χ1) is 10.7. The monoisotopic (exact) mass is 298 g/mol. The summed E-state index contributed by atoms with van der Waals surface area (Å²) < 4.78 is 4.59. The van der Waals surface area contributed by atoms with Gasteiger partial charge in [0.2, 0.25) is 0 Å². The summed E-state index contributed by atoms with van der Waals surface area (Å²) in [5.41, 5.74) is 10.2. The number of methoxy groups -OCH3 is 1. The maximum absolute atomic E-state index is 11.3. The number of carbonyl (C=O) groups excluding carboxylic acids is 1. The molecule has 1 amide bonds. The van der Waals surface area contributed by atoms with Crippen LogP contribution in [0.3, 0.4) is 0 Å². The number of carbonyl (C=O) groups is 1. The van der Waals surface area contributed by atoms with Gasteiger partial charge in [-0.1, -0.05) is 30.3 Å². The lowest BCUT2D eigenvalue weighted by Crippen LogP contribution is -2.26. The molecule has 0 aliphatic carbocycles. The molecule has 0 saturated carbocycles. The van der Waals surface area contributed by atoms with Crippen LogP contribution in [0.5, 0.6) is 0 Å². The molecule has 0 saturated heterocycles. The molecule has 22 heavy (non-hydrogen) atoms. The average molecular weight is 298 g/mol. The molecule has 1 aliphatic heterocycles. The molecule has 0 bridgehead atoms. The van der Waals surface area contributed by atoms with Crippen molar-refractivity contribution in [2.75, 3.05) is 35.3 Å². The number of amides is 1. The zero-order valence-corrected chi connectivity index (χ0v) is 12.2. The number of nitrogen functional groups attached to an aromatic ring is 1. The molecule has 5 N–H and O–H groups in total. The molecule has 1 aliphatic rings. The number of nitrogens with two attached hydrogens (primary N) is 1. The summed E-state index contributed by atoms with van der Waals surface area (Å²) in [6.45, 7) is 0.734. The van der Waals surface area contributed by atoms with E-state index in [9.17, 15) is 4.79 Å². The first-order valence-corrected chi connectivity index (χ1v) is 7.01. The van der Waals surface area contributed by atoms with Crippen LogP contribution in [0.25, 0.3) is 0 Å². The number of anilines is 4. The maximum Gasteiger partial charge on any atom is 0.411 e. The highest BCUT2D eigenvalue weighted by Gasteiger charge is 2.21. The van der Waals surface area contributed by atoms with Crippen molar-refractivity contribution in [3.63, 3.8) is 0 Å². The molecule has 3 rings (SSSR count). The fourth-order valence-electron chi connectivity index (χ4n) is 2.53. The number of fused-ring (bicyclic) bond motifs is 1. The van der Waals surface area contributed by atoms with E-state index in [0.717, 1.165) is 17.9 Å². The van der Waals surface area contributed by atoms with Crippen molar-refractivity contribution >= 4 is 28.8 Å². The van der Waals surface area contributed by atoms with Gasteiger partial charge in [0.15, 0.2) is 0 Å². The molecular weight excluding hydrogens is 280 g/mol. The van der Waals surface area contributed by atoms with E-state index in [0.29, 0.717) is 11.4 Å². The lowest BCUT2D eigenvalue weighted by Gasteiger charge is -2.30. The second kappa shape index (κ2) is 5.85. The van der Waals surface area contributed by atoms with Crippen molar-refractivity contribution in [2.24, 2.45) is 0 Å². The predicted molar refractivity (Wildman–Crippen MR) is 88.2 cm³/mol. The van der Waals surface area contributed by atoms with Crippen LogP contribution >= 0.6 is 0 Å². The molecular formula is C16H18N4O2. The fourth-order valence-corrected chi connectivity index (χ4v) is 2.53. The van der Waals surface area contributed by atoms with Crippen molar-refractivity contribution in [1.82, 2.24) is 0 Å². The van der Waals surface area contributed by atoms with Gasteiger partial charge in [-0.3, -0.25) is 5.32 Å². The molecule has 6 heteroatoms. The Kier molecular flexibility index (Phi) is 3.74. The van der Waals surface area contributed by atoms with Gasteiger partial charge in [-0.2, -0.15) is 0 Å². The average Bonchev–Trinajstić information content (AvgIpc) is 2.55. The highest BCUT2D eigenvalue weighted by molar-refractivity contribution is 5.92. The summed E-state index contributed by atoms with van der Waals surface area (Å²) in [5.74, 6) is 0. The molecule has 0 radical (unpaired) electrons. The third kappa shape index (κ3) is 2.76. The quantitative estimate of drug-likeness (QED) is 0.640. The van der Waals surface area contributed by atoms with Gasteiger partial charge in [-0.05, 0) is 17.7 Å². The number of nitrogens with one attached hydrogen (secondary N) is 3. The fraction of sp³-hybridized carbons (Fsp3) is 0.188. The topological polar surface area (TPSA) is 88.4 Å². The Morgan fingerprint density at radius 2 is 2.09 bits per heavy atom. The minimum Gasteiger partial charge on any atom is -0.453 e. The molecule has 2 aromatic rings. The standard InChI is InChI=1S/C16H18N4O2/c1-22-16(21)19-11-7-12(17)15-13(8-11)18-9-14(20-15)10-5-3-2-4-6-10/h2-8,14,18,20H,9,17H2,1H3,(H,19,21). The van der Waals surface area contributed by atoms with E-state index in [2.05, 4.69) is 32.8 Å². The van der Waals surface area contributed by atoms with Gasteiger partial charge in [0.1, 0.15) is 0 Å². The van der Waals surface area contributed by atoms with E-state index >= 15 is 0 Å². The van der Waals surface area contributed by atoms with Crippen LogP contribution < -0.4 is 21.7 Å². The Bertz CT molecular complexity index is 688. The van der Waals surface area contributed by atoms with Crippen molar-refractivity contribution in [2.45, 2.75) is 6.04 Å². The largest absolute Gasteiger partial charge is 0.453 e. The summed E-state index contributed by atoms with van der Waals surface area (Å²) in [7, 11) is 1.32. The summed E-state index contributed by atoms with van der Waals surface area (Å²) in [6.07, 6.45) is -0.523. The van der Waals surface area contributed by atoms with Crippen LogP contribution in [0.15, 0.2) is 42.5 Å². The number of rotatable bonds is 2. The number of benzene rings is 2. The van der Waals surface area contributed by atoms with Gasteiger partial charge in [-0.15, -0.1) is 0 Å². The molecule has 2 aromatic carbocycles. The molecule has 114 valence electrons. The summed E-state index contributed by atoms with van der Waals surface area (Å²) in [6, 6.07) is 13.9. The number of hydrogen-bond donors (Lipinski definition) is 4. The first kappa shape index (κ1) is 14.1. The first-order valence-electron chi connectivity index (χ1n) is 7.01.